The van der Waals surface area contributed by atoms with Crippen molar-refractivity contribution in [2.75, 3.05) is 86.8 Å². The van der Waals surface area contributed by atoms with Gasteiger partial charge in [0.2, 0.25) is 0 Å². The first kappa shape index (κ1) is 41.3. The molecule has 0 amide bonds. The van der Waals surface area contributed by atoms with Crippen LogP contribution in [0.3, 0.4) is 0 Å². The third-order valence-corrected chi connectivity index (χ3v) is 14.1. The number of aryl methyl sites for hydroxylation is 1. The number of para-hydroxylation sites is 2. The molecule has 2 fully saturated rings. The average molecular weight is 801 g/mol. The van der Waals surface area contributed by atoms with Crippen LogP contribution in [0.5, 0.6) is 0 Å². The molecule has 2 aliphatic heterocycles. The number of rotatable bonds is 20. The van der Waals surface area contributed by atoms with Gasteiger partial charge < -0.3 is 18.8 Å². The Morgan fingerprint density at radius 2 is 0.912 bits per heavy atom. The van der Waals surface area contributed by atoms with E-state index in [9.17, 15) is 0 Å². The third-order valence-electron chi connectivity index (χ3n) is 12.2. The number of hydrogen-bond acceptors (Lipinski definition) is 6. The van der Waals surface area contributed by atoms with Crippen molar-refractivity contribution < 1.29 is 8.97 Å². The van der Waals surface area contributed by atoms with Gasteiger partial charge in [-0.15, -0.1) is 11.8 Å². The van der Waals surface area contributed by atoms with E-state index in [2.05, 4.69) is 144 Å². The highest BCUT2D eigenvalue weighted by molar-refractivity contribution is 7.99. The predicted octanol–water partition coefficient (Wildman–Crippen LogP) is 10.4. The summed E-state index contributed by atoms with van der Waals surface area (Å²) in [5, 5.41) is 2.08. The molecule has 3 heterocycles. The van der Waals surface area contributed by atoms with Crippen molar-refractivity contribution >= 4 is 34.9 Å². The van der Waals surface area contributed by atoms with Crippen molar-refractivity contribution in [2.45, 2.75) is 68.7 Å². The molecular weight excluding hydrogens is 737 g/mol. The fourth-order valence-corrected chi connectivity index (χ4v) is 10.8. The van der Waals surface area contributed by atoms with Gasteiger partial charge in [0.15, 0.2) is 5.16 Å². The Labute approximate surface area is 351 Å². The summed E-state index contributed by atoms with van der Waals surface area (Å²) in [7, 11) is 0. The van der Waals surface area contributed by atoms with Crippen LogP contribution in [0.25, 0.3) is 0 Å². The maximum Gasteiger partial charge on any atom is 0.188 e. The SMILES string of the molecule is Cc1cc(SCCCCC[N+]2(Cc3ccccc3)CCN(c3ccccc3)CC2)nc(SCCCCC[N+]2(Cc3ccccc3)CCN(c3ccccc3)CC2)n1. The molecule has 57 heavy (non-hydrogen) atoms. The van der Waals surface area contributed by atoms with Crippen molar-refractivity contribution in [3.8, 4) is 0 Å². The molecule has 0 spiro atoms. The number of quaternary nitrogens is 2. The number of unbranched alkanes of at least 4 members (excludes halogenated alkanes) is 4. The number of aromatic nitrogens is 2. The lowest BCUT2D eigenvalue weighted by molar-refractivity contribution is -0.941. The van der Waals surface area contributed by atoms with Gasteiger partial charge in [-0.05, 0) is 81.5 Å². The molecule has 4 aromatic carbocycles. The third kappa shape index (κ3) is 12.6. The van der Waals surface area contributed by atoms with Crippen molar-refractivity contribution in [3.05, 3.63) is 144 Å². The number of hydrogen-bond donors (Lipinski definition) is 0. The van der Waals surface area contributed by atoms with Gasteiger partial charge in [-0.3, -0.25) is 0 Å². The summed E-state index contributed by atoms with van der Waals surface area (Å²) < 4.78 is 2.40. The van der Waals surface area contributed by atoms with E-state index in [1.807, 2.05) is 23.5 Å². The molecule has 8 heteroatoms. The fraction of sp³-hybridized carbons (Fsp3) is 0.429. The number of benzene rings is 4. The van der Waals surface area contributed by atoms with Crippen LogP contribution in [0.4, 0.5) is 11.4 Å². The van der Waals surface area contributed by atoms with E-state index in [1.54, 1.807) is 0 Å². The number of piperazine rings is 2. The monoisotopic (exact) mass is 800 g/mol. The Bertz CT molecular complexity index is 1740. The van der Waals surface area contributed by atoms with Crippen molar-refractivity contribution in [2.24, 2.45) is 0 Å². The van der Waals surface area contributed by atoms with Gasteiger partial charge >= 0.3 is 0 Å². The van der Waals surface area contributed by atoms with Crippen LogP contribution in [-0.4, -0.2) is 95.9 Å². The molecule has 0 atom stereocenters. The first-order chi connectivity index (χ1) is 28.1. The Morgan fingerprint density at radius 1 is 0.491 bits per heavy atom. The van der Waals surface area contributed by atoms with E-state index >= 15 is 0 Å². The number of anilines is 2. The summed E-state index contributed by atoms with van der Waals surface area (Å²) in [6.07, 6.45) is 7.52. The van der Waals surface area contributed by atoms with Crippen LogP contribution < -0.4 is 9.80 Å². The second-order valence-corrected chi connectivity index (χ2v) is 18.6. The summed E-state index contributed by atoms with van der Waals surface area (Å²) in [4.78, 5) is 15.0. The first-order valence-electron chi connectivity index (χ1n) is 21.5. The van der Waals surface area contributed by atoms with Crippen LogP contribution in [0.1, 0.15) is 55.3 Å². The van der Waals surface area contributed by atoms with Crippen LogP contribution in [0.2, 0.25) is 0 Å². The summed E-state index contributed by atoms with van der Waals surface area (Å²) in [5.41, 5.74) is 6.74. The summed E-state index contributed by atoms with van der Waals surface area (Å²) in [6.45, 7) is 16.3. The van der Waals surface area contributed by atoms with Crippen LogP contribution in [0, 0.1) is 6.92 Å². The maximum absolute atomic E-state index is 5.00. The van der Waals surface area contributed by atoms with Gasteiger partial charge in [-0.2, -0.15) is 0 Å². The zero-order valence-electron chi connectivity index (χ0n) is 34.3. The lowest BCUT2D eigenvalue weighted by Gasteiger charge is -2.46. The molecule has 0 unspecified atom stereocenters. The summed E-state index contributed by atoms with van der Waals surface area (Å²) in [6, 6.07) is 46.4. The quantitative estimate of drug-likeness (QED) is 0.0256. The van der Waals surface area contributed by atoms with Crippen molar-refractivity contribution in [1.82, 2.24) is 9.97 Å². The van der Waals surface area contributed by atoms with E-state index in [1.165, 1.54) is 109 Å². The highest BCUT2D eigenvalue weighted by Crippen LogP contribution is 2.27. The maximum atomic E-state index is 5.00. The predicted molar refractivity (Wildman–Crippen MR) is 243 cm³/mol. The average Bonchev–Trinajstić information content (AvgIpc) is 3.25. The molecule has 300 valence electrons. The van der Waals surface area contributed by atoms with E-state index in [-0.39, 0.29) is 0 Å². The van der Waals surface area contributed by atoms with Crippen molar-refractivity contribution in [3.63, 3.8) is 0 Å². The molecule has 0 aliphatic carbocycles. The lowest BCUT2D eigenvalue weighted by Crippen LogP contribution is -2.59. The smallest absolute Gasteiger partial charge is 0.188 e. The normalized spacial score (nSPS) is 16.4. The van der Waals surface area contributed by atoms with E-state index in [0.717, 1.165) is 66.7 Å². The van der Waals surface area contributed by atoms with Crippen LogP contribution >= 0.6 is 23.5 Å². The zero-order chi connectivity index (χ0) is 39.0. The highest BCUT2D eigenvalue weighted by Gasteiger charge is 2.34. The van der Waals surface area contributed by atoms with Gasteiger partial charge in [0.05, 0.1) is 65.4 Å². The van der Waals surface area contributed by atoms with Gasteiger partial charge in [-0.1, -0.05) is 109 Å². The minimum absolute atomic E-state index is 0.948. The summed E-state index contributed by atoms with van der Waals surface area (Å²) in [5.74, 6) is 2.20. The molecule has 7 rings (SSSR count). The Balaban J connectivity index is 0.821. The second kappa shape index (κ2) is 21.3. The molecule has 0 radical (unpaired) electrons. The zero-order valence-corrected chi connectivity index (χ0v) is 35.9. The van der Waals surface area contributed by atoms with Gasteiger partial charge in [0, 0.05) is 33.9 Å². The van der Waals surface area contributed by atoms with E-state index in [4.69, 9.17) is 9.97 Å². The first-order valence-corrected chi connectivity index (χ1v) is 23.5. The van der Waals surface area contributed by atoms with Gasteiger partial charge in [0.1, 0.15) is 18.1 Å². The van der Waals surface area contributed by atoms with Crippen LogP contribution in [-0.2, 0) is 13.1 Å². The molecule has 0 N–H and O–H groups in total. The highest BCUT2D eigenvalue weighted by atomic mass is 32.2. The topological polar surface area (TPSA) is 32.3 Å². The molecule has 6 nitrogen and oxygen atoms in total. The molecule has 2 saturated heterocycles. The van der Waals surface area contributed by atoms with E-state index < -0.39 is 0 Å². The molecule has 0 saturated carbocycles. The standard InChI is InChI=1S/C49H64N6S2/c1-43-40-48(56-38-18-6-16-32-54(41-44-20-8-2-9-21-44)34-28-52(29-35-54)46-24-12-4-13-25-46)51-49(50-43)57-39-19-7-17-33-55(42-45-22-10-3-11-23-45)36-30-53(31-37-55)47-26-14-5-15-27-47/h2-5,8-15,20-27,40H,6-7,16-19,28-39,41-42H2,1H3/q+2. The molecule has 1 aromatic heterocycles. The Kier molecular flexibility index (Phi) is 15.4. The largest absolute Gasteiger partial charge is 0.360 e. The minimum atomic E-state index is 0.948. The number of nitrogens with zero attached hydrogens (tertiary/aromatic N) is 6. The Hall–Kier alpha value is -3.82. The van der Waals surface area contributed by atoms with Gasteiger partial charge in [0.25, 0.3) is 0 Å². The Morgan fingerprint density at radius 3 is 1.37 bits per heavy atom. The second-order valence-electron chi connectivity index (χ2n) is 16.4. The molecular formula is C49H64N6S2+2. The minimum Gasteiger partial charge on any atom is -0.360 e. The van der Waals surface area contributed by atoms with Crippen LogP contribution in [0.15, 0.2) is 138 Å². The lowest BCUT2D eigenvalue weighted by atomic mass is 10.1. The van der Waals surface area contributed by atoms with Gasteiger partial charge in [-0.25, -0.2) is 9.97 Å². The van der Waals surface area contributed by atoms with E-state index in [0.29, 0.717) is 0 Å². The molecule has 0 bridgehead atoms. The number of thioether (sulfide) groups is 2. The molecule has 2 aliphatic rings. The van der Waals surface area contributed by atoms with Crippen molar-refractivity contribution in [1.29, 1.82) is 0 Å². The fourth-order valence-electron chi connectivity index (χ4n) is 8.88. The summed E-state index contributed by atoms with van der Waals surface area (Å²) >= 11 is 3.76. The molecule has 5 aromatic rings.